The van der Waals surface area contributed by atoms with Gasteiger partial charge in [0.15, 0.2) is 6.61 Å². The van der Waals surface area contributed by atoms with Crippen molar-refractivity contribution in [3.63, 3.8) is 0 Å². The molecule has 0 aliphatic rings. The Labute approximate surface area is 168 Å². The van der Waals surface area contributed by atoms with Crippen LogP contribution in [0.1, 0.15) is 5.01 Å². The highest BCUT2D eigenvalue weighted by molar-refractivity contribution is 7.18. The molecule has 28 heavy (non-hydrogen) atoms. The predicted molar refractivity (Wildman–Crippen MR) is 113 cm³/mol. The second-order valence-corrected chi connectivity index (χ2v) is 7.62. The van der Waals surface area contributed by atoms with Crippen LogP contribution in [0.5, 0.6) is 5.75 Å². The third-order valence-electron chi connectivity index (χ3n) is 4.46. The number of ether oxygens (including phenoxy) is 1. The van der Waals surface area contributed by atoms with Crippen molar-refractivity contribution in [2.24, 2.45) is 0 Å². The number of amides is 1. The summed E-state index contributed by atoms with van der Waals surface area (Å²) < 4.78 is 6.80. The molecule has 1 heterocycles. The predicted octanol–water partition coefficient (Wildman–Crippen LogP) is 5.00. The van der Waals surface area contributed by atoms with Crippen LogP contribution < -0.4 is 4.74 Å². The first-order valence-electron chi connectivity index (χ1n) is 9.06. The zero-order valence-electron chi connectivity index (χ0n) is 15.5. The molecule has 1 amide bonds. The van der Waals surface area contributed by atoms with E-state index in [2.05, 4.69) is 17.1 Å². The molecule has 0 atom stereocenters. The molecule has 3 aromatic carbocycles. The summed E-state index contributed by atoms with van der Waals surface area (Å²) in [4.78, 5) is 18.6. The monoisotopic (exact) mass is 388 g/mol. The normalized spacial score (nSPS) is 10.8. The lowest BCUT2D eigenvalue weighted by atomic mass is 10.1. The van der Waals surface area contributed by atoms with Gasteiger partial charge in [-0.05, 0) is 35.4 Å². The van der Waals surface area contributed by atoms with Crippen LogP contribution in [-0.4, -0.2) is 29.4 Å². The highest BCUT2D eigenvalue weighted by Gasteiger charge is 2.13. The van der Waals surface area contributed by atoms with E-state index in [1.54, 1.807) is 23.3 Å². The molecule has 0 spiro atoms. The van der Waals surface area contributed by atoms with Gasteiger partial charge in [-0.25, -0.2) is 4.98 Å². The number of fused-ring (bicyclic) bond motifs is 1. The molecule has 1 aromatic heterocycles. The summed E-state index contributed by atoms with van der Waals surface area (Å²) in [5.41, 5.74) is 3.24. The smallest absolute Gasteiger partial charge is 0.260 e. The lowest BCUT2D eigenvalue weighted by Gasteiger charge is -2.16. The SMILES string of the molecule is CN(Cc1nc2ccccc2s1)C(=O)COc1ccc(-c2ccccc2)cc1. The zero-order valence-corrected chi connectivity index (χ0v) is 16.4. The number of hydrogen-bond acceptors (Lipinski definition) is 4. The Hall–Kier alpha value is -3.18. The minimum atomic E-state index is -0.0774. The molecule has 5 heteroatoms. The minimum absolute atomic E-state index is 0.00603. The summed E-state index contributed by atoms with van der Waals surface area (Å²) in [6.07, 6.45) is 0. The average molecular weight is 388 g/mol. The Bertz CT molecular complexity index is 1040. The number of nitrogens with zero attached hydrogens (tertiary/aromatic N) is 2. The second-order valence-electron chi connectivity index (χ2n) is 6.50. The van der Waals surface area contributed by atoms with Gasteiger partial charge >= 0.3 is 0 Å². The summed E-state index contributed by atoms with van der Waals surface area (Å²) in [7, 11) is 1.77. The first kappa shape index (κ1) is 18.2. The molecule has 0 radical (unpaired) electrons. The van der Waals surface area contributed by atoms with Gasteiger partial charge in [0.05, 0.1) is 16.8 Å². The average Bonchev–Trinajstić information content (AvgIpc) is 3.15. The van der Waals surface area contributed by atoms with E-state index in [1.807, 2.05) is 66.7 Å². The van der Waals surface area contributed by atoms with Gasteiger partial charge in [0.25, 0.3) is 5.91 Å². The van der Waals surface area contributed by atoms with E-state index < -0.39 is 0 Å². The van der Waals surface area contributed by atoms with Gasteiger partial charge in [-0.1, -0.05) is 54.6 Å². The summed E-state index contributed by atoms with van der Waals surface area (Å²) in [5, 5.41) is 0.921. The number of benzene rings is 3. The van der Waals surface area contributed by atoms with Crippen LogP contribution in [0.3, 0.4) is 0 Å². The maximum absolute atomic E-state index is 12.4. The van der Waals surface area contributed by atoms with E-state index >= 15 is 0 Å². The molecule has 140 valence electrons. The third-order valence-corrected chi connectivity index (χ3v) is 5.48. The van der Waals surface area contributed by atoms with Crippen LogP contribution in [0.25, 0.3) is 21.3 Å². The van der Waals surface area contributed by atoms with Gasteiger partial charge in [0.1, 0.15) is 10.8 Å². The zero-order chi connectivity index (χ0) is 19.3. The molecular weight excluding hydrogens is 368 g/mol. The molecule has 0 saturated heterocycles. The van der Waals surface area contributed by atoms with Crippen molar-refractivity contribution in [3.05, 3.63) is 83.9 Å². The molecule has 0 unspecified atom stereocenters. The van der Waals surface area contributed by atoms with Crippen molar-refractivity contribution in [3.8, 4) is 16.9 Å². The van der Waals surface area contributed by atoms with Crippen LogP contribution in [0.4, 0.5) is 0 Å². The highest BCUT2D eigenvalue weighted by atomic mass is 32.1. The summed E-state index contributed by atoms with van der Waals surface area (Å²) in [5.74, 6) is 0.604. The van der Waals surface area contributed by atoms with Gasteiger partial charge in [-0.2, -0.15) is 0 Å². The molecule has 0 aliphatic heterocycles. The highest BCUT2D eigenvalue weighted by Crippen LogP contribution is 2.23. The fourth-order valence-electron chi connectivity index (χ4n) is 2.91. The molecule has 0 bridgehead atoms. The van der Waals surface area contributed by atoms with Crippen molar-refractivity contribution in [1.29, 1.82) is 0 Å². The topological polar surface area (TPSA) is 42.4 Å². The quantitative estimate of drug-likeness (QED) is 0.467. The number of rotatable bonds is 6. The number of carbonyl (C=O) groups excluding carboxylic acids is 1. The van der Waals surface area contributed by atoms with E-state index in [1.165, 1.54) is 0 Å². The molecule has 0 N–H and O–H groups in total. The molecule has 4 rings (SSSR count). The third kappa shape index (κ3) is 4.21. The number of likely N-dealkylation sites (N-methyl/N-ethyl adjacent to an activating group) is 1. The van der Waals surface area contributed by atoms with Gasteiger partial charge in [0, 0.05) is 7.05 Å². The number of hydrogen-bond donors (Lipinski definition) is 0. The van der Waals surface area contributed by atoms with E-state index in [9.17, 15) is 4.79 Å². The Kier molecular flexibility index (Phi) is 5.35. The first-order chi connectivity index (χ1) is 13.7. The molecule has 0 aliphatic carbocycles. The van der Waals surface area contributed by atoms with E-state index in [0.29, 0.717) is 12.3 Å². The molecule has 0 saturated carbocycles. The number of aromatic nitrogens is 1. The van der Waals surface area contributed by atoms with Crippen molar-refractivity contribution in [1.82, 2.24) is 9.88 Å². The van der Waals surface area contributed by atoms with Crippen molar-refractivity contribution < 1.29 is 9.53 Å². The summed E-state index contributed by atoms with van der Waals surface area (Å²) in [6.45, 7) is 0.487. The van der Waals surface area contributed by atoms with Crippen molar-refractivity contribution in [2.45, 2.75) is 6.54 Å². The Balaban J connectivity index is 1.33. The van der Waals surface area contributed by atoms with E-state index in [-0.39, 0.29) is 12.5 Å². The minimum Gasteiger partial charge on any atom is -0.484 e. The lowest BCUT2D eigenvalue weighted by molar-refractivity contribution is -0.132. The van der Waals surface area contributed by atoms with E-state index in [4.69, 9.17) is 4.74 Å². The Morgan fingerprint density at radius 1 is 0.929 bits per heavy atom. The van der Waals surface area contributed by atoms with Gasteiger partial charge in [-0.3, -0.25) is 4.79 Å². The first-order valence-corrected chi connectivity index (χ1v) is 9.87. The molecular formula is C23H20N2O2S. The van der Waals surface area contributed by atoms with Crippen molar-refractivity contribution in [2.75, 3.05) is 13.7 Å². The van der Waals surface area contributed by atoms with Gasteiger partial charge < -0.3 is 9.64 Å². The van der Waals surface area contributed by atoms with Crippen LogP contribution in [0.15, 0.2) is 78.9 Å². The number of thiazole rings is 1. The number of para-hydroxylation sites is 1. The number of carbonyl (C=O) groups is 1. The van der Waals surface area contributed by atoms with E-state index in [0.717, 1.165) is 26.4 Å². The van der Waals surface area contributed by atoms with Gasteiger partial charge in [0.2, 0.25) is 0 Å². The maximum Gasteiger partial charge on any atom is 0.260 e. The summed E-state index contributed by atoms with van der Waals surface area (Å²) in [6, 6.07) is 25.9. The van der Waals surface area contributed by atoms with Crippen LogP contribution >= 0.6 is 11.3 Å². The van der Waals surface area contributed by atoms with Crippen molar-refractivity contribution >= 4 is 27.5 Å². The lowest BCUT2D eigenvalue weighted by Crippen LogP contribution is -2.30. The van der Waals surface area contributed by atoms with Crippen LogP contribution in [-0.2, 0) is 11.3 Å². The molecule has 4 nitrogen and oxygen atoms in total. The Morgan fingerprint density at radius 3 is 2.36 bits per heavy atom. The standard InChI is InChI=1S/C23H20N2O2S/c1-25(15-22-24-20-9-5-6-10-21(20)28-22)23(26)16-27-19-13-11-18(12-14-19)17-7-3-2-4-8-17/h2-14H,15-16H2,1H3. The van der Waals surface area contributed by atoms with Gasteiger partial charge in [-0.15, -0.1) is 11.3 Å². The van der Waals surface area contributed by atoms with Crippen LogP contribution in [0.2, 0.25) is 0 Å². The maximum atomic E-state index is 12.4. The molecule has 0 fully saturated rings. The fraction of sp³-hybridized carbons (Fsp3) is 0.130. The second kappa shape index (κ2) is 8.23. The summed E-state index contributed by atoms with van der Waals surface area (Å²) >= 11 is 1.61. The Morgan fingerprint density at radius 2 is 1.61 bits per heavy atom. The molecule has 4 aromatic rings. The van der Waals surface area contributed by atoms with Crippen LogP contribution in [0, 0.1) is 0 Å². The largest absolute Gasteiger partial charge is 0.484 e. The fourth-order valence-corrected chi connectivity index (χ4v) is 3.93.